The largest absolute Gasteiger partial charge is 0.367 e. The quantitative estimate of drug-likeness (QED) is 0.895. The molecule has 21 heavy (non-hydrogen) atoms. The molecule has 6 heteroatoms. The minimum atomic E-state index is 0.292. The molecule has 0 radical (unpaired) electrons. The van der Waals surface area contributed by atoms with Gasteiger partial charge in [-0.3, -0.25) is 4.79 Å². The van der Waals surface area contributed by atoms with E-state index in [9.17, 15) is 4.79 Å². The predicted octanol–water partition coefficient (Wildman–Crippen LogP) is 0.974. The minimum absolute atomic E-state index is 0.292. The van der Waals surface area contributed by atoms with Crippen LogP contribution in [0.5, 0.6) is 0 Å². The van der Waals surface area contributed by atoms with E-state index in [1.165, 1.54) is 0 Å². The lowest BCUT2D eigenvalue weighted by molar-refractivity contribution is -0.127. The van der Waals surface area contributed by atoms with Gasteiger partial charge in [0.1, 0.15) is 12.1 Å². The van der Waals surface area contributed by atoms with Crippen LogP contribution >= 0.6 is 0 Å². The standard InChI is InChI=1S/C15H23N5O/c1-19-13(2-3-15(19)21)10-20-8-5-12(6-9-20)18-14-4-7-16-11-17-14/h4,7,11-13H,2-3,5-6,8-10H2,1H3,(H,16,17,18). The Morgan fingerprint density at radius 2 is 2.14 bits per heavy atom. The number of anilines is 1. The molecule has 3 rings (SSSR count). The van der Waals surface area contributed by atoms with Crippen molar-refractivity contribution < 1.29 is 4.79 Å². The Labute approximate surface area is 125 Å². The first-order valence-electron chi connectivity index (χ1n) is 7.73. The van der Waals surface area contributed by atoms with Crippen LogP contribution in [0.15, 0.2) is 18.6 Å². The summed E-state index contributed by atoms with van der Waals surface area (Å²) in [6.45, 7) is 3.19. The molecule has 2 fully saturated rings. The number of rotatable bonds is 4. The number of likely N-dealkylation sites (tertiary alicyclic amines) is 2. The van der Waals surface area contributed by atoms with E-state index in [1.54, 1.807) is 12.5 Å². The maximum Gasteiger partial charge on any atom is 0.222 e. The predicted molar refractivity (Wildman–Crippen MR) is 80.9 cm³/mol. The van der Waals surface area contributed by atoms with Gasteiger partial charge in [0.25, 0.3) is 0 Å². The average molecular weight is 289 g/mol. The molecule has 2 saturated heterocycles. The summed E-state index contributed by atoms with van der Waals surface area (Å²) in [6, 6.07) is 2.80. The van der Waals surface area contributed by atoms with Gasteiger partial charge >= 0.3 is 0 Å². The topological polar surface area (TPSA) is 61.4 Å². The van der Waals surface area contributed by atoms with Gasteiger partial charge in [0, 0.05) is 51.4 Å². The number of piperidine rings is 1. The van der Waals surface area contributed by atoms with Gasteiger partial charge in [-0.2, -0.15) is 0 Å². The maximum atomic E-state index is 11.6. The number of amides is 1. The van der Waals surface area contributed by atoms with Crippen molar-refractivity contribution in [1.29, 1.82) is 0 Å². The van der Waals surface area contributed by atoms with Crippen LogP contribution in [0.4, 0.5) is 5.82 Å². The fourth-order valence-corrected chi connectivity index (χ4v) is 3.22. The van der Waals surface area contributed by atoms with Crippen LogP contribution in [-0.2, 0) is 4.79 Å². The average Bonchev–Trinajstić information content (AvgIpc) is 2.82. The molecular formula is C15H23N5O. The summed E-state index contributed by atoms with van der Waals surface area (Å²) in [5.74, 6) is 1.20. The highest BCUT2D eigenvalue weighted by atomic mass is 16.2. The molecule has 2 aliphatic rings. The van der Waals surface area contributed by atoms with Gasteiger partial charge < -0.3 is 15.1 Å². The summed E-state index contributed by atoms with van der Waals surface area (Å²) in [5, 5.41) is 3.47. The molecule has 0 spiro atoms. The molecular weight excluding hydrogens is 266 g/mol. The normalized spacial score (nSPS) is 24.5. The second kappa shape index (κ2) is 6.39. The third kappa shape index (κ3) is 3.50. The van der Waals surface area contributed by atoms with Crippen molar-refractivity contribution >= 4 is 11.7 Å². The van der Waals surface area contributed by atoms with Crippen LogP contribution in [0.2, 0.25) is 0 Å². The zero-order chi connectivity index (χ0) is 14.7. The van der Waals surface area contributed by atoms with E-state index in [4.69, 9.17) is 0 Å². The second-order valence-corrected chi connectivity index (χ2v) is 6.01. The van der Waals surface area contributed by atoms with Crippen molar-refractivity contribution in [1.82, 2.24) is 19.8 Å². The van der Waals surface area contributed by atoms with Crippen molar-refractivity contribution in [2.75, 3.05) is 32.0 Å². The number of carbonyl (C=O) groups is 1. The zero-order valence-electron chi connectivity index (χ0n) is 12.5. The first kappa shape index (κ1) is 14.3. The molecule has 1 atom stereocenters. The van der Waals surface area contributed by atoms with Crippen molar-refractivity contribution in [2.45, 2.75) is 37.8 Å². The number of aromatic nitrogens is 2. The monoisotopic (exact) mass is 289 g/mol. The minimum Gasteiger partial charge on any atom is -0.367 e. The highest BCUT2D eigenvalue weighted by Gasteiger charge is 2.30. The molecule has 1 N–H and O–H groups in total. The first-order valence-corrected chi connectivity index (χ1v) is 7.73. The number of hydrogen-bond donors (Lipinski definition) is 1. The highest BCUT2D eigenvalue weighted by molar-refractivity contribution is 5.78. The summed E-state index contributed by atoms with van der Waals surface area (Å²) >= 11 is 0. The molecule has 114 valence electrons. The Morgan fingerprint density at radius 1 is 1.33 bits per heavy atom. The number of carbonyl (C=O) groups excluding carboxylic acids is 1. The van der Waals surface area contributed by atoms with Gasteiger partial charge in [0.15, 0.2) is 0 Å². The summed E-state index contributed by atoms with van der Waals surface area (Å²) in [4.78, 5) is 24.1. The van der Waals surface area contributed by atoms with Crippen molar-refractivity contribution in [3.8, 4) is 0 Å². The SMILES string of the molecule is CN1C(=O)CCC1CN1CCC(Nc2ccncn2)CC1. The Bertz CT molecular complexity index is 472. The summed E-state index contributed by atoms with van der Waals surface area (Å²) in [6.07, 6.45) is 7.30. The van der Waals surface area contributed by atoms with Crippen LogP contribution in [-0.4, -0.2) is 64.4 Å². The number of hydrogen-bond acceptors (Lipinski definition) is 5. The number of likely N-dealkylation sites (N-methyl/N-ethyl adjacent to an activating group) is 1. The van der Waals surface area contributed by atoms with E-state index in [-0.39, 0.29) is 0 Å². The summed E-state index contributed by atoms with van der Waals surface area (Å²) in [5.41, 5.74) is 0. The zero-order valence-corrected chi connectivity index (χ0v) is 12.5. The maximum absolute atomic E-state index is 11.6. The third-order valence-electron chi connectivity index (χ3n) is 4.62. The van der Waals surface area contributed by atoms with E-state index in [0.29, 0.717) is 24.4 Å². The Hall–Kier alpha value is -1.69. The molecule has 6 nitrogen and oxygen atoms in total. The molecule has 0 aliphatic carbocycles. The van der Waals surface area contributed by atoms with Gasteiger partial charge in [-0.25, -0.2) is 9.97 Å². The molecule has 1 unspecified atom stereocenters. The number of nitrogens with zero attached hydrogens (tertiary/aromatic N) is 4. The fourth-order valence-electron chi connectivity index (χ4n) is 3.22. The Balaban J connectivity index is 1.44. The molecule has 0 aromatic carbocycles. The van der Waals surface area contributed by atoms with E-state index in [2.05, 4.69) is 20.2 Å². The van der Waals surface area contributed by atoms with E-state index >= 15 is 0 Å². The van der Waals surface area contributed by atoms with Crippen LogP contribution in [0.3, 0.4) is 0 Å². The molecule has 2 aliphatic heterocycles. The lowest BCUT2D eigenvalue weighted by Gasteiger charge is -2.35. The molecule has 1 amide bonds. The van der Waals surface area contributed by atoms with Gasteiger partial charge in [0.2, 0.25) is 5.91 Å². The van der Waals surface area contributed by atoms with Gasteiger partial charge in [-0.1, -0.05) is 0 Å². The molecule has 0 bridgehead atoms. The molecule has 1 aromatic rings. The van der Waals surface area contributed by atoms with Gasteiger partial charge in [-0.15, -0.1) is 0 Å². The van der Waals surface area contributed by atoms with Gasteiger partial charge in [0.05, 0.1) is 0 Å². The van der Waals surface area contributed by atoms with Crippen molar-refractivity contribution in [2.24, 2.45) is 0 Å². The van der Waals surface area contributed by atoms with Crippen LogP contribution in [0.1, 0.15) is 25.7 Å². The summed E-state index contributed by atoms with van der Waals surface area (Å²) < 4.78 is 0. The van der Waals surface area contributed by atoms with Crippen molar-refractivity contribution in [3.63, 3.8) is 0 Å². The first-order chi connectivity index (χ1) is 10.2. The highest BCUT2D eigenvalue weighted by Crippen LogP contribution is 2.20. The lowest BCUT2D eigenvalue weighted by atomic mass is 10.0. The Morgan fingerprint density at radius 3 is 2.76 bits per heavy atom. The van der Waals surface area contributed by atoms with Crippen LogP contribution in [0.25, 0.3) is 0 Å². The third-order valence-corrected chi connectivity index (χ3v) is 4.62. The van der Waals surface area contributed by atoms with Gasteiger partial charge in [-0.05, 0) is 25.3 Å². The molecule has 1 aromatic heterocycles. The molecule has 0 saturated carbocycles. The molecule has 3 heterocycles. The van der Waals surface area contributed by atoms with Crippen molar-refractivity contribution in [3.05, 3.63) is 18.6 Å². The fraction of sp³-hybridized carbons (Fsp3) is 0.667. The van der Waals surface area contributed by atoms with E-state index in [1.807, 2.05) is 18.0 Å². The van der Waals surface area contributed by atoms with E-state index < -0.39 is 0 Å². The lowest BCUT2D eigenvalue weighted by Crippen LogP contribution is -2.45. The smallest absolute Gasteiger partial charge is 0.222 e. The summed E-state index contributed by atoms with van der Waals surface area (Å²) in [7, 11) is 1.93. The second-order valence-electron chi connectivity index (χ2n) is 6.01. The van der Waals surface area contributed by atoms with E-state index in [0.717, 1.165) is 44.7 Å². The Kier molecular flexibility index (Phi) is 4.34. The van der Waals surface area contributed by atoms with Crippen LogP contribution in [0, 0.1) is 0 Å². The van der Waals surface area contributed by atoms with Crippen LogP contribution < -0.4 is 5.32 Å². The number of nitrogens with one attached hydrogen (secondary N) is 1.